The normalized spacial score (nSPS) is 11.1. The molecule has 0 radical (unpaired) electrons. The van der Waals surface area contributed by atoms with Crippen LogP contribution in [0.5, 0.6) is 0 Å². The van der Waals surface area contributed by atoms with Gasteiger partial charge in [0.05, 0.1) is 0 Å². The van der Waals surface area contributed by atoms with Crippen molar-refractivity contribution in [3.8, 4) is 0 Å². The standard InChI is InChI=1S/C16H17N/c1-3-12-5-6-14-10-13(4-2)15(7-8-17)11-16(14)9-12/h4-11H,2-3,17H2,1H3/b8-7-. The second-order valence-corrected chi connectivity index (χ2v) is 4.08. The van der Waals surface area contributed by atoms with E-state index in [4.69, 9.17) is 5.73 Å². The molecular weight excluding hydrogens is 206 g/mol. The third-order valence-corrected chi connectivity index (χ3v) is 3.01. The molecule has 0 saturated heterocycles. The molecule has 0 fully saturated rings. The van der Waals surface area contributed by atoms with Gasteiger partial charge in [0.2, 0.25) is 0 Å². The fourth-order valence-corrected chi connectivity index (χ4v) is 2.03. The van der Waals surface area contributed by atoms with Gasteiger partial charge >= 0.3 is 0 Å². The van der Waals surface area contributed by atoms with Crippen molar-refractivity contribution in [3.63, 3.8) is 0 Å². The third-order valence-electron chi connectivity index (χ3n) is 3.01. The molecule has 0 atom stereocenters. The van der Waals surface area contributed by atoms with Gasteiger partial charge < -0.3 is 5.73 Å². The van der Waals surface area contributed by atoms with Gasteiger partial charge in [0.15, 0.2) is 0 Å². The Kier molecular flexibility index (Phi) is 3.29. The van der Waals surface area contributed by atoms with Crippen LogP contribution in [0.1, 0.15) is 23.6 Å². The van der Waals surface area contributed by atoms with E-state index in [0.29, 0.717) is 0 Å². The van der Waals surface area contributed by atoms with E-state index in [9.17, 15) is 0 Å². The summed E-state index contributed by atoms with van der Waals surface area (Å²) in [5.74, 6) is 0. The lowest BCUT2D eigenvalue weighted by Gasteiger charge is -2.06. The van der Waals surface area contributed by atoms with Gasteiger partial charge in [-0.05, 0) is 58.3 Å². The second-order valence-electron chi connectivity index (χ2n) is 4.08. The second kappa shape index (κ2) is 4.88. The van der Waals surface area contributed by atoms with E-state index in [1.165, 1.54) is 16.3 Å². The monoisotopic (exact) mass is 223 g/mol. The average Bonchev–Trinajstić information content (AvgIpc) is 2.37. The van der Waals surface area contributed by atoms with Crippen molar-refractivity contribution < 1.29 is 0 Å². The zero-order valence-corrected chi connectivity index (χ0v) is 10.1. The van der Waals surface area contributed by atoms with Crippen LogP contribution in [-0.2, 0) is 6.42 Å². The Balaban J connectivity index is 2.69. The minimum absolute atomic E-state index is 1.06. The number of rotatable bonds is 3. The van der Waals surface area contributed by atoms with E-state index in [0.717, 1.165) is 17.5 Å². The number of fused-ring (bicyclic) bond motifs is 1. The largest absolute Gasteiger partial charge is 0.405 e. The van der Waals surface area contributed by atoms with Crippen LogP contribution in [0, 0.1) is 0 Å². The molecule has 0 heterocycles. The molecule has 0 saturated carbocycles. The third kappa shape index (κ3) is 2.23. The van der Waals surface area contributed by atoms with Crippen LogP contribution in [0.4, 0.5) is 0 Å². The first-order chi connectivity index (χ1) is 8.28. The van der Waals surface area contributed by atoms with Crippen molar-refractivity contribution in [3.05, 3.63) is 59.8 Å². The van der Waals surface area contributed by atoms with Gasteiger partial charge in [0.1, 0.15) is 0 Å². The highest BCUT2D eigenvalue weighted by atomic mass is 14.5. The highest BCUT2D eigenvalue weighted by Gasteiger charge is 2.01. The Hall–Kier alpha value is -2.02. The average molecular weight is 223 g/mol. The molecule has 0 spiro atoms. The van der Waals surface area contributed by atoms with Crippen molar-refractivity contribution in [2.75, 3.05) is 0 Å². The summed E-state index contributed by atoms with van der Waals surface area (Å²) in [4.78, 5) is 0. The van der Waals surface area contributed by atoms with E-state index >= 15 is 0 Å². The van der Waals surface area contributed by atoms with Gasteiger partial charge in [0, 0.05) is 0 Å². The molecule has 1 heteroatoms. The minimum atomic E-state index is 1.06. The number of hydrogen-bond acceptors (Lipinski definition) is 1. The van der Waals surface area contributed by atoms with Gasteiger partial charge in [-0.1, -0.05) is 37.8 Å². The summed E-state index contributed by atoms with van der Waals surface area (Å²) in [5, 5.41) is 2.49. The van der Waals surface area contributed by atoms with Gasteiger partial charge in [-0.15, -0.1) is 0 Å². The first-order valence-corrected chi connectivity index (χ1v) is 5.86. The summed E-state index contributed by atoms with van der Waals surface area (Å²) in [6.45, 7) is 6.01. The number of aryl methyl sites for hydroxylation is 1. The van der Waals surface area contributed by atoms with Gasteiger partial charge in [-0.2, -0.15) is 0 Å². The van der Waals surface area contributed by atoms with Crippen LogP contribution in [0.25, 0.3) is 22.9 Å². The fraction of sp³-hybridized carbons (Fsp3) is 0.125. The lowest BCUT2D eigenvalue weighted by molar-refractivity contribution is 1.15. The predicted molar refractivity (Wildman–Crippen MR) is 76.6 cm³/mol. The predicted octanol–water partition coefficient (Wildman–Crippen LogP) is 3.97. The molecule has 0 bridgehead atoms. The molecule has 2 rings (SSSR count). The smallest absolute Gasteiger partial charge is 0.00561 e. The Labute approximate surface area is 102 Å². The van der Waals surface area contributed by atoms with Crippen LogP contribution in [0.3, 0.4) is 0 Å². The summed E-state index contributed by atoms with van der Waals surface area (Å²) < 4.78 is 0. The van der Waals surface area contributed by atoms with Crippen LogP contribution in [0.2, 0.25) is 0 Å². The lowest BCUT2D eigenvalue weighted by atomic mass is 9.98. The first-order valence-electron chi connectivity index (χ1n) is 5.86. The van der Waals surface area contributed by atoms with E-state index in [1.807, 2.05) is 12.2 Å². The van der Waals surface area contributed by atoms with Crippen LogP contribution in [0.15, 0.2) is 43.1 Å². The van der Waals surface area contributed by atoms with Crippen molar-refractivity contribution in [1.82, 2.24) is 0 Å². The zero-order chi connectivity index (χ0) is 12.3. The van der Waals surface area contributed by atoms with Gasteiger partial charge in [-0.3, -0.25) is 0 Å². The van der Waals surface area contributed by atoms with E-state index in [-0.39, 0.29) is 0 Å². The Morgan fingerprint density at radius 2 is 1.88 bits per heavy atom. The lowest BCUT2D eigenvalue weighted by Crippen LogP contribution is -1.86. The number of benzene rings is 2. The van der Waals surface area contributed by atoms with Crippen LogP contribution in [-0.4, -0.2) is 0 Å². The molecule has 86 valence electrons. The molecule has 0 unspecified atom stereocenters. The molecule has 2 aromatic rings. The van der Waals surface area contributed by atoms with Crippen molar-refractivity contribution >= 4 is 22.9 Å². The summed E-state index contributed by atoms with van der Waals surface area (Å²) in [6, 6.07) is 10.9. The molecule has 0 aliphatic heterocycles. The van der Waals surface area contributed by atoms with Crippen LogP contribution < -0.4 is 5.73 Å². The maximum atomic E-state index is 5.47. The zero-order valence-electron chi connectivity index (χ0n) is 10.1. The summed E-state index contributed by atoms with van der Waals surface area (Å²) in [6.07, 6.45) is 6.40. The van der Waals surface area contributed by atoms with Crippen molar-refractivity contribution in [1.29, 1.82) is 0 Å². The molecule has 17 heavy (non-hydrogen) atoms. The molecule has 1 nitrogen and oxygen atoms in total. The summed E-state index contributed by atoms with van der Waals surface area (Å²) in [5.41, 5.74) is 9.05. The molecule has 0 aromatic heterocycles. The number of nitrogens with two attached hydrogens (primary N) is 1. The van der Waals surface area contributed by atoms with Gasteiger partial charge in [-0.25, -0.2) is 0 Å². The maximum Gasteiger partial charge on any atom is -0.00561 e. The highest BCUT2D eigenvalue weighted by molar-refractivity contribution is 5.88. The van der Waals surface area contributed by atoms with Crippen molar-refractivity contribution in [2.45, 2.75) is 13.3 Å². The molecule has 0 aliphatic carbocycles. The maximum absolute atomic E-state index is 5.47. The highest BCUT2D eigenvalue weighted by Crippen LogP contribution is 2.23. The minimum Gasteiger partial charge on any atom is -0.405 e. The van der Waals surface area contributed by atoms with Crippen molar-refractivity contribution in [2.24, 2.45) is 5.73 Å². The molecule has 0 amide bonds. The fourth-order valence-electron chi connectivity index (χ4n) is 2.03. The topological polar surface area (TPSA) is 26.0 Å². The molecular formula is C16H17N. The van der Waals surface area contributed by atoms with E-state index in [2.05, 4.69) is 43.8 Å². The molecule has 2 N–H and O–H groups in total. The first kappa shape index (κ1) is 11.5. The van der Waals surface area contributed by atoms with Gasteiger partial charge in [0.25, 0.3) is 0 Å². The molecule has 2 aromatic carbocycles. The Morgan fingerprint density at radius 3 is 2.53 bits per heavy atom. The summed E-state index contributed by atoms with van der Waals surface area (Å²) >= 11 is 0. The SMILES string of the molecule is C=Cc1cc2ccc(CC)cc2cc1/C=C\N. The summed E-state index contributed by atoms with van der Waals surface area (Å²) in [7, 11) is 0. The Morgan fingerprint density at radius 1 is 1.12 bits per heavy atom. The van der Waals surface area contributed by atoms with Crippen LogP contribution >= 0.6 is 0 Å². The van der Waals surface area contributed by atoms with E-state index in [1.54, 1.807) is 6.20 Å². The quantitative estimate of drug-likeness (QED) is 0.837. The van der Waals surface area contributed by atoms with E-state index < -0.39 is 0 Å². The Bertz CT molecular complexity index is 579. The molecule has 0 aliphatic rings. The number of hydrogen-bond donors (Lipinski definition) is 1.